The largest absolute Gasteiger partial charge is 0.507 e. The first kappa shape index (κ1) is 36.0. The maximum atomic E-state index is 12.1. The van der Waals surface area contributed by atoms with E-state index in [1.165, 1.54) is 54.8 Å². The molecule has 0 aliphatic carbocycles. The molecule has 0 aliphatic rings. The first-order valence-corrected chi connectivity index (χ1v) is 20.4. The molecular formula is C56H42BNO. The van der Waals surface area contributed by atoms with Crippen molar-refractivity contribution < 1.29 is 5.11 Å². The van der Waals surface area contributed by atoms with Crippen LogP contribution in [-0.4, -0.2) is 11.8 Å². The van der Waals surface area contributed by atoms with E-state index in [0.29, 0.717) is 0 Å². The van der Waals surface area contributed by atoms with E-state index in [1.807, 2.05) is 12.1 Å². The number of phenols is 1. The minimum atomic E-state index is -0.0265. The van der Waals surface area contributed by atoms with Gasteiger partial charge in [0.2, 0.25) is 6.71 Å². The average Bonchev–Trinajstić information content (AvgIpc) is 3.29. The highest BCUT2D eigenvalue weighted by Crippen LogP contribution is 2.45. The Morgan fingerprint density at radius 1 is 0.373 bits per heavy atom. The Bertz CT molecular complexity index is 3120. The summed E-state index contributed by atoms with van der Waals surface area (Å²) >= 11 is 0. The van der Waals surface area contributed by atoms with Crippen LogP contribution in [0.3, 0.4) is 0 Å². The number of phenolic OH excluding ortho intramolecular Hbond substituents is 1. The summed E-state index contributed by atoms with van der Waals surface area (Å²) in [6, 6.07) is 75.7. The van der Waals surface area contributed by atoms with Crippen LogP contribution in [0.1, 0.15) is 11.1 Å². The molecule has 280 valence electrons. The topological polar surface area (TPSA) is 23.5 Å². The number of aromatic hydroxyl groups is 1. The molecule has 0 saturated heterocycles. The zero-order valence-electron chi connectivity index (χ0n) is 33.2. The Morgan fingerprint density at radius 3 is 1.63 bits per heavy atom. The molecule has 0 aromatic heterocycles. The molecule has 0 fully saturated rings. The smallest absolute Gasteiger partial charge is 0.242 e. The second-order valence-electron chi connectivity index (χ2n) is 15.5. The average molecular weight is 756 g/mol. The second-order valence-corrected chi connectivity index (χ2v) is 15.5. The van der Waals surface area contributed by atoms with Gasteiger partial charge in [-0.25, -0.2) is 0 Å². The first-order chi connectivity index (χ1) is 29.0. The van der Waals surface area contributed by atoms with Crippen molar-refractivity contribution >= 4 is 72.5 Å². The summed E-state index contributed by atoms with van der Waals surface area (Å²) in [6.07, 6.45) is 0. The second kappa shape index (κ2) is 15.2. The van der Waals surface area contributed by atoms with Crippen molar-refractivity contribution in [2.24, 2.45) is 0 Å². The molecule has 3 heteroatoms. The third kappa shape index (κ3) is 6.42. The lowest BCUT2D eigenvalue weighted by molar-refractivity contribution is 0.477. The predicted octanol–water partition coefficient (Wildman–Crippen LogP) is 12.8. The monoisotopic (exact) mass is 755 g/mol. The van der Waals surface area contributed by atoms with E-state index < -0.39 is 0 Å². The van der Waals surface area contributed by atoms with Crippen LogP contribution in [-0.2, 0) is 0 Å². The van der Waals surface area contributed by atoms with Gasteiger partial charge in [-0.05, 0) is 104 Å². The fourth-order valence-corrected chi connectivity index (χ4v) is 9.27. The van der Waals surface area contributed by atoms with E-state index in [0.717, 1.165) is 44.3 Å². The number of para-hydroxylation sites is 2. The van der Waals surface area contributed by atoms with Crippen LogP contribution in [0.5, 0.6) is 5.75 Å². The molecule has 10 rings (SSSR count). The number of hydrogen-bond donors (Lipinski definition) is 1. The van der Waals surface area contributed by atoms with Crippen LogP contribution >= 0.6 is 0 Å². The van der Waals surface area contributed by atoms with E-state index in [1.54, 1.807) is 0 Å². The summed E-state index contributed by atoms with van der Waals surface area (Å²) in [5.74, 6) is 0.238. The van der Waals surface area contributed by atoms with E-state index in [2.05, 4.69) is 219 Å². The van der Waals surface area contributed by atoms with Crippen molar-refractivity contribution in [1.82, 2.24) is 0 Å². The third-order valence-corrected chi connectivity index (χ3v) is 11.9. The van der Waals surface area contributed by atoms with Crippen LogP contribution in [0.2, 0.25) is 0 Å². The Labute approximate surface area is 346 Å². The van der Waals surface area contributed by atoms with Crippen LogP contribution in [0.4, 0.5) is 17.1 Å². The molecule has 0 amide bonds. The van der Waals surface area contributed by atoms with Crippen molar-refractivity contribution in [2.75, 3.05) is 4.90 Å². The van der Waals surface area contributed by atoms with Gasteiger partial charge in [-0.15, -0.1) is 0 Å². The molecule has 0 heterocycles. The molecule has 0 saturated carbocycles. The molecule has 0 atom stereocenters. The SMILES string of the molecule is Cc1cccc(C)c1N(c1ccccc1)c1ccc(-c2cc3c4ccccc4c(B(c4ccccc4)c4ccccc4-c4ccccc4)cc3c3ccccc23)c(O)c1. The van der Waals surface area contributed by atoms with Crippen molar-refractivity contribution in [2.45, 2.75) is 13.8 Å². The molecule has 1 N–H and O–H groups in total. The number of nitrogens with zero attached hydrogens (tertiary/aromatic N) is 1. The summed E-state index contributed by atoms with van der Waals surface area (Å²) in [4.78, 5) is 2.25. The summed E-state index contributed by atoms with van der Waals surface area (Å²) in [7, 11) is 0. The Morgan fingerprint density at radius 2 is 0.932 bits per heavy atom. The van der Waals surface area contributed by atoms with Gasteiger partial charge in [0.25, 0.3) is 0 Å². The van der Waals surface area contributed by atoms with Gasteiger partial charge in [-0.2, -0.15) is 0 Å². The number of hydrogen-bond acceptors (Lipinski definition) is 2. The Hall–Kier alpha value is -7.36. The van der Waals surface area contributed by atoms with Gasteiger partial charge in [0, 0.05) is 23.0 Å². The Kier molecular flexibility index (Phi) is 9.27. The minimum absolute atomic E-state index is 0.0265. The van der Waals surface area contributed by atoms with Gasteiger partial charge in [-0.3, -0.25) is 0 Å². The lowest BCUT2D eigenvalue weighted by Crippen LogP contribution is -2.53. The number of benzene rings is 10. The molecule has 0 aliphatic heterocycles. The standard InChI is InChI=1S/C56H42BNO/c1-38-19-18-20-39(2)56(38)58(42-25-10-5-11-26-42)43-33-34-49(55(59)35-43)50-36-51-47-30-14-15-31-48(47)54(37-52(51)46-29-13-12-28-45(46)50)57(41-23-8-4-9-24-41)53-32-17-16-27-44(53)40-21-6-3-7-22-40/h3-37,59H,1-2H3. The lowest BCUT2D eigenvalue weighted by Gasteiger charge is -2.29. The van der Waals surface area contributed by atoms with Gasteiger partial charge >= 0.3 is 0 Å². The van der Waals surface area contributed by atoms with E-state index in [-0.39, 0.29) is 12.5 Å². The minimum Gasteiger partial charge on any atom is -0.507 e. The highest BCUT2D eigenvalue weighted by Gasteiger charge is 2.28. The highest BCUT2D eigenvalue weighted by atomic mass is 16.3. The summed E-state index contributed by atoms with van der Waals surface area (Å²) in [5.41, 5.74) is 13.4. The maximum Gasteiger partial charge on any atom is 0.242 e. The Balaban J connectivity index is 1.20. The lowest BCUT2D eigenvalue weighted by atomic mass is 9.35. The fourth-order valence-electron chi connectivity index (χ4n) is 9.27. The van der Waals surface area contributed by atoms with Crippen molar-refractivity contribution in [1.29, 1.82) is 0 Å². The van der Waals surface area contributed by atoms with Gasteiger partial charge < -0.3 is 10.0 Å². The first-order valence-electron chi connectivity index (χ1n) is 20.4. The molecule has 10 aromatic carbocycles. The predicted molar refractivity (Wildman–Crippen MR) is 253 cm³/mol. The molecular weight excluding hydrogens is 713 g/mol. The van der Waals surface area contributed by atoms with E-state index in [4.69, 9.17) is 0 Å². The van der Waals surface area contributed by atoms with Crippen molar-refractivity contribution in [3.8, 4) is 28.0 Å². The summed E-state index contributed by atoms with van der Waals surface area (Å²) < 4.78 is 0. The number of rotatable bonds is 8. The molecule has 0 unspecified atom stereocenters. The molecule has 0 radical (unpaired) electrons. The molecule has 0 bridgehead atoms. The third-order valence-electron chi connectivity index (χ3n) is 11.9. The molecule has 59 heavy (non-hydrogen) atoms. The van der Waals surface area contributed by atoms with Gasteiger partial charge in [-0.1, -0.05) is 192 Å². The van der Waals surface area contributed by atoms with Crippen LogP contribution in [0.15, 0.2) is 212 Å². The van der Waals surface area contributed by atoms with Gasteiger partial charge in [0.1, 0.15) is 5.75 Å². The van der Waals surface area contributed by atoms with Crippen molar-refractivity contribution in [3.05, 3.63) is 223 Å². The van der Waals surface area contributed by atoms with Crippen LogP contribution in [0.25, 0.3) is 54.6 Å². The van der Waals surface area contributed by atoms with Crippen molar-refractivity contribution in [3.63, 3.8) is 0 Å². The zero-order valence-corrected chi connectivity index (χ0v) is 33.2. The number of fused-ring (bicyclic) bond motifs is 5. The summed E-state index contributed by atoms with van der Waals surface area (Å²) in [6.45, 7) is 4.27. The zero-order chi connectivity index (χ0) is 39.9. The number of anilines is 3. The normalized spacial score (nSPS) is 11.3. The van der Waals surface area contributed by atoms with Crippen LogP contribution < -0.4 is 21.3 Å². The number of aryl methyl sites for hydroxylation is 2. The van der Waals surface area contributed by atoms with Crippen LogP contribution in [0, 0.1) is 13.8 Å². The maximum absolute atomic E-state index is 12.1. The van der Waals surface area contributed by atoms with E-state index >= 15 is 0 Å². The van der Waals surface area contributed by atoms with E-state index in [9.17, 15) is 5.11 Å². The van der Waals surface area contributed by atoms with Gasteiger partial charge in [0.15, 0.2) is 0 Å². The molecule has 2 nitrogen and oxygen atoms in total. The van der Waals surface area contributed by atoms with Gasteiger partial charge in [0.05, 0.1) is 5.69 Å². The summed E-state index contributed by atoms with van der Waals surface area (Å²) in [5, 5.41) is 19.1. The molecule has 10 aromatic rings. The fraction of sp³-hybridized carbons (Fsp3) is 0.0357. The molecule has 0 spiro atoms. The quantitative estimate of drug-likeness (QED) is 0.123. The highest BCUT2D eigenvalue weighted by molar-refractivity contribution is 6.97.